The fraction of sp³-hybridized carbons (Fsp3) is 0.200. The van der Waals surface area contributed by atoms with Gasteiger partial charge in [-0.1, -0.05) is 23.2 Å². The van der Waals surface area contributed by atoms with Crippen LogP contribution in [0.1, 0.15) is 25.0 Å². The summed E-state index contributed by atoms with van der Waals surface area (Å²) >= 11 is 11.6. The molecule has 0 radical (unpaired) electrons. The predicted octanol–water partition coefficient (Wildman–Crippen LogP) is 3.88. The molecule has 14 heteroatoms. The number of carbonyl (C=O) groups excluding carboxylic acids is 2. The Morgan fingerprint density at radius 3 is 1.95 bits per heavy atom. The first-order valence-electron chi connectivity index (χ1n) is 11.0. The number of halogens is 2. The molecule has 0 aliphatic rings. The molecule has 0 bridgehead atoms. The summed E-state index contributed by atoms with van der Waals surface area (Å²) in [5, 5.41) is 27.5. The number of benzene rings is 2. The lowest BCUT2D eigenvalue weighted by Gasteiger charge is -2.16. The van der Waals surface area contributed by atoms with Gasteiger partial charge in [0.05, 0.1) is 42.8 Å². The summed E-state index contributed by atoms with van der Waals surface area (Å²) in [5.74, 6) is -2.37. The molecule has 0 amide bonds. The Balaban J connectivity index is 0.000000276. The molecule has 0 fully saturated rings. The molecule has 0 aliphatic heterocycles. The Morgan fingerprint density at radius 1 is 0.949 bits per heavy atom. The maximum absolute atomic E-state index is 11.8. The number of nitrogens with zero attached hydrogens (tertiary/aromatic N) is 3. The van der Waals surface area contributed by atoms with Crippen molar-refractivity contribution in [2.24, 2.45) is 0 Å². The topological polar surface area (TPSA) is 185 Å². The lowest BCUT2D eigenvalue weighted by Crippen LogP contribution is -2.38. The van der Waals surface area contributed by atoms with E-state index in [1.165, 1.54) is 36.4 Å². The highest BCUT2D eigenvalue weighted by atomic mass is 35.5. The third-order valence-corrected chi connectivity index (χ3v) is 4.70. The first-order chi connectivity index (χ1) is 18.6. The van der Waals surface area contributed by atoms with Gasteiger partial charge in [0, 0.05) is 10.0 Å². The molecular weight excluding hydrogens is 555 g/mol. The second-order valence-electron chi connectivity index (χ2n) is 7.06. The molecule has 1 aromatic heterocycles. The third-order valence-electron chi connectivity index (χ3n) is 4.27. The van der Waals surface area contributed by atoms with Crippen molar-refractivity contribution in [3.63, 3.8) is 0 Å². The summed E-state index contributed by atoms with van der Waals surface area (Å²) in [6.07, 6.45) is -0.515. The molecule has 0 saturated heterocycles. The Labute approximate surface area is 231 Å². The van der Waals surface area contributed by atoms with Crippen molar-refractivity contribution in [2.45, 2.75) is 20.0 Å². The number of H-pyrrole nitrogens is 1. The fourth-order valence-corrected chi connectivity index (χ4v) is 3.18. The van der Waals surface area contributed by atoms with Crippen LogP contribution in [0.2, 0.25) is 10.0 Å². The van der Waals surface area contributed by atoms with Crippen LogP contribution in [0.3, 0.4) is 0 Å². The number of aromatic amines is 1. The normalized spacial score (nSPS) is 9.82. The number of hydrogen-bond donors (Lipinski definition) is 2. The van der Waals surface area contributed by atoms with Crippen LogP contribution in [0, 0.1) is 22.7 Å². The van der Waals surface area contributed by atoms with Crippen molar-refractivity contribution in [1.82, 2.24) is 9.97 Å². The van der Waals surface area contributed by atoms with Crippen molar-refractivity contribution in [3.8, 4) is 35.3 Å². The quantitative estimate of drug-likeness (QED) is 0.293. The van der Waals surface area contributed by atoms with E-state index in [4.69, 9.17) is 52.7 Å². The number of esters is 2. The Hall–Kier alpha value is -4.78. The summed E-state index contributed by atoms with van der Waals surface area (Å²) < 4.78 is 20.0. The zero-order valence-electron chi connectivity index (χ0n) is 20.4. The van der Waals surface area contributed by atoms with Crippen LogP contribution in [0.5, 0.6) is 23.1 Å². The molecule has 0 saturated carbocycles. The van der Waals surface area contributed by atoms with Gasteiger partial charge in [0.25, 0.3) is 23.3 Å². The Bertz CT molecular complexity index is 1460. The summed E-state index contributed by atoms with van der Waals surface area (Å²) in [6.45, 7) is 3.40. The number of carbonyl (C=O) groups is 2. The number of nitriles is 2. The molecule has 39 heavy (non-hydrogen) atoms. The van der Waals surface area contributed by atoms with Crippen molar-refractivity contribution < 1.29 is 33.6 Å². The van der Waals surface area contributed by atoms with Crippen molar-refractivity contribution >= 4 is 35.1 Å². The van der Waals surface area contributed by atoms with Gasteiger partial charge in [-0.2, -0.15) is 10.5 Å². The van der Waals surface area contributed by atoms with Gasteiger partial charge in [-0.3, -0.25) is 4.79 Å². The van der Waals surface area contributed by atoms with E-state index in [0.29, 0.717) is 0 Å². The van der Waals surface area contributed by atoms with Crippen LogP contribution >= 0.6 is 23.2 Å². The van der Waals surface area contributed by atoms with Gasteiger partial charge in [-0.15, -0.1) is 0 Å². The van der Waals surface area contributed by atoms with Crippen LogP contribution in [-0.4, -0.2) is 46.3 Å². The van der Waals surface area contributed by atoms with Crippen LogP contribution < -0.4 is 15.0 Å². The number of rotatable bonds is 8. The van der Waals surface area contributed by atoms with Gasteiger partial charge < -0.3 is 29.0 Å². The van der Waals surface area contributed by atoms with E-state index in [9.17, 15) is 19.5 Å². The molecule has 3 rings (SSSR count). The Morgan fingerprint density at radius 2 is 1.46 bits per heavy atom. The van der Waals surface area contributed by atoms with E-state index in [1.54, 1.807) is 13.8 Å². The number of ether oxygens (including phenoxy) is 4. The molecule has 0 unspecified atom stereocenters. The minimum absolute atomic E-state index is 0.0943. The second-order valence-corrected chi connectivity index (χ2v) is 7.94. The van der Waals surface area contributed by atoms with Crippen molar-refractivity contribution in [2.75, 3.05) is 13.2 Å². The number of aromatic hydroxyl groups is 1. The predicted molar refractivity (Wildman–Crippen MR) is 137 cm³/mol. The van der Waals surface area contributed by atoms with Crippen LogP contribution in [-0.2, 0) is 19.1 Å². The molecule has 2 N–H and O–H groups in total. The monoisotopic (exact) mass is 574 g/mol. The highest BCUT2D eigenvalue weighted by Gasteiger charge is 2.32. The van der Waals surface area contributed by atoms with E-state index < -0.39 is 29.5 Å². The summed E-state index contributed by atoms with van der Waals surface area (Å²) in [4.78, 5) is 40.7. The molecule has 3 aromatic rings. The molecule has 2 aromatic carbocycles. The number of aromatic nitrogens is 2. The second kappa shape index (κ2) is 14.8. The highest BCUT2D eigenvalue weighted by Crippen LogP contribution is 2.27. The average molecular weight is 575 g/mol. The lowest BCUT2D eigenvalue weighted by molar-refractivity contribution is -0.166. The van der Waals surface area contributed by atoms with E-state index in [0.717, 1.165) is 6.33 Å². The van der Waals surface area contributed by atoms with Gasteiger partial charge in [0.2, 0.25) is 0 Å². The third kappa shape index (κ3) is 9.23. The molecule has 0 spiro atoms. The summed E-state index contributed by atoms with van der Waals surface area (Å²) in [6, 6.07) is 12.2. The van der Waals surface area contributed by atoms with Crippen LogP contribution in [0.25, 0.3) is 0 Å². The van der Waals surface area contributed by atoms with Gasteiger partial charge in [0.15, 0.2) is 0 Å². The van der Waals surface area contributed by atoms with Gasteiger partial charge >= 0.3 is 11.9 Å². The fourth-order valence-electron chi connectivity index (χ4n) is 2.73. The average Bonchev–Trinajstić information content (AvgIpc) is 2.89. The molecule has 12 nitrogen and oxygen atoms in total. The molecule has 1 heterocycles. The lowest BCUT2D eigenvalue weighted by atomic mass is 10.2. The molecule has 202 valence electrons. The number of hydrogen-bond acceptors (Lipinski definition) is 11. The van der Waals surface area contributed by atoms with E-state index in [1.807, 2.05) is 12.1 Å². The molecule has 0 atom stereocenters. The maximum atomic E-state index is 11.8. The molecular formula is C25H20Cl2N4O8. The Kier molecular flexibility index (Phi) is 11.6. The van der Waals surface area contributed by atoms with E-state index >= 15 is 0 Å². The summed E-state index contributed by atoms with van der Waals surface area (Å²) in [5.41, 5.74) is -0.123. The van der Waals surface area contributed by atoms with Crippen molar-refractivity contribution in [3.05, 3.63) is 74.3 Å². The van der Waals surface area contributed by atoms with Gasteiger partial charge in [0.1, 0.15) is 11.5 Å². The summed E-state index contributed by atoms with van der Waals surface area (Å²) in [7, 11) is 0. The SMILES string of the molecule is CCOC(=O)C(Oc1cc(Cl)cc(C#N)c1)C(=O)OCC.N#Cc1cc(Cl)cc(Oc2c(O)nc[nH]c2=O)c1. The maximum Gasteiger partial charge on any atom is 0.359 e. The first-order valence-corrected chi connectivity index (χ1v) is 11.7. The van der Waals surface area contributed by atoms with Crippen LogP contribution in [0.4, 0.5) is 0 Å². The minimum Gasteiger partial charge on any atom is -0.490 e. The minimum atomic E-state index is -1.56. The van der Waals surface area contributed by atoms with Crippen molar-refractivity contribution in [1.29, 1.82) is 10.5 Å². The van der Waals surface area contributed by atoms with E-state index in [2.05, 4.69) is 9.97 Å². The highest BCUT2D eigenvalue weighted by molar-refractivity contribution is 6.31. The molecule has 0 aliphatic carbocycles. The van der Waals surface area contributed by atoms with E-state index in [-0.39, 0.29) is 51.6 Å². The smallest absolute Gasteiger partial charge is 0.359 e. The van der Waals surface area contributed by atoms with Gasteiger partial charge in [-0.05, 0) is 50.2 Å². The zero-order chi connectivity index (χ0) is 28.9. The van der Waals surface area contributed by atoms with Crippen LogP contribution in [0.15, 0.2) is 47.5 Å². The number of nitrogens with one attached hydrogen (secondary N) is 1. The largest absolute Gasteiger partial charge is 0.490 e. The first kappa shape index (κ1) is 30.4. The standard InChI is InChI=1S/C14H14ClNO5.C11H6ClN3O3/c1-3-19-13(17)12(14(18)20-4-2)21-11-6-9(8-16)5-10(15)7-11;12-7-1-6(4-13)2-8(3-7)18-9-10(16)14-5-15-11(9)17/h5-7,12H,3-4H2,1-2H3;1-3,5H,(H2,14,15,16,17). The zero-order valence-corrected chi connectivity index (χ0v) is 21.9. The van der Waals surface area contributed by atoms with Gasteiger partial charge in [-0.25, -0.2) is 14.6 Å².